The number of amides is 4. The highest BCUT2D eigenvalue weighted by atomic mass is 19.1. The molecule has 1 N–H and O–H groups in total. The molecule has 1 atom stereocenters. The van der Waals surface area contributed by atoms with Crippen LogP contribution in [0.2, 0.25) is 0 Å². The Morgan fingerprint density at radius 1 is 1.02 bits per heavy atom. The van der Waals surface area contributed by atoms with Crippen molar-refractivity contribution in [2.45, 2.75) is 63.7 Å². The summed E-state index contributed by atoms with van der Waals surface area (Å²) in [5.74, 6) is -2.42. The lowest BCUT2D eigenvalue weighted by Gasteiger charge is -2.53. The van der Waals surface area contributed by atoms with E-state index in [-0.39, 0.29) is 35.3 Å². The van der Waals surface area contributed by atoms with E-state index < -0.39 is 29.7 Å². The number of carbonyl (C=O) groups is 4. The molecule has 0 saturated carbocycles. The van der Waals surface area contributed by atoms with Gasteiger partial charge < -0.3 is 4.74 Å². The molecule has 0 aliphatic carbocycles. The van der Waals surface area contributed by atoms with E-state index in [1.54, 1.807) is 30.3 Å². The summed E-state index contributed by atoms with van der Waals surface area (Å²) in [6.07, 6.45) is 0.897. The van der Waals surface area contributed by atoms with Crippen LogP contribution in [0.25, 0.3) is 0 Å². The fraction of sp³-hybridized carbons (Fsp3) is 0.484. The van der Waals surface area contributed by atoms with E-state index in [0.29, 0.717) is 36.6 Å². The molecule has 0 bridgehead atoms. The first-order chi connectivity index (χ1) is 19.6. The number of nitrogens with one attached hydrogen (secondary N) is 1. The zero-order chi connectivity index (χ0) is 28.9. The first-order valence-electron chi connectivity index (χ1n) is 14.3. The van der Waals surface area contributed by atoms with Crippen LogP contribution in [0.3, 0.4) is 0 Å². The monoisotopic (exact) mass is 562 g/mol. The van der Waals surface area contributed by atoms with Crippen LogP contribution in [0.5, 0.6) is 0 Å². The van der Waals surface area contributed by atoms with Gasteiger partial charge in [0.25, 0.3) is 11.8 Å². The average Bonchev–Trinajstić information content (AvgIpc) is 3.16. The molecule has 2 aromatic carbocycles. The molecule has 0 radical (unpaired) electrons. The van der Waals surface area contributed by atoms with Crippen molar-refractivity contribution in [3.8, 4) is 0 Å². The maximum absolute atomic E-state index is 15.1. The number of rotatable bonds is 7. The number of aryl methyl sites for hydroxylation is 2. The third-order valence-electron chi connectivity index (χ3n) is 8.83. The molecule has 2 aromatic rings. The molecule has 4 heterocycles. The number of carbonyl (C=O) groups excluding carboxylic acids is 4. The molecular formula is C31H35FN4O5. The van der Waals surface area contributed by atoms with Crippen molar-refractivity contribution in [3.63, 3.8) is 0 Å². The van der Waals surface area contributed by atoms with E-state index in [9.17, 15) is 19.2 Å². The molecule has 3 fully saturated rings. The molecule has 3 saturated heterocycles. The van der Waals surface area contributed by atoms with E-state index in [2.05, 4.69) is 29.0 Å². The standard InChI is InChI=1S/C31H35FN4O5/c1-31(2)18-41-13-12-35(31)22-16-34(17-22)15-19-6-7-20(24(32)14-19)8-9-21-4-3-5-23-27(21)30(40)36(29(23)39)25-10-11-26(37)33-28(25)38/h3-7,14,22,25H,8-13,15-18H2,1-2H3,(H,33,37,38). The number of nitrogens with zero attached hydrogens (tertiary/aromatic N) is 3. The summed E-state index contributed by atoms with van der Waals surface area (Å²) in [5, 5.41) is 2.21. The van der Waals surface area contributed by atoms with Crippen molar-refractivity contribution < 1.29 is 28.3 Å². The van der Waals surface area contributed by atoms with Crippen LogP contribution in [-0.2, 0) is 33.7 Å². The molecule has 0 spiro atoms. The van der Waals surface area contributed by atoms with E-state index >= 15 is 4.39 Å². The van der Waals surface area contributed by atoms with Crippen LogP contribution in [-0.4, -0.2) is 88.8 Å². The normalized spacial score (nSPS) is 23.5. The van der Waals surface area contributed by atoms with Gasteiger partial charge in [0.1, 0.15) is 11.9 Å². The molecule has 4 amide bonds. The molecule has 6 rings (SSSR count). The Bertz CT molecular complexity index is 1420. The molecule has 4 aliphatic rings. The highest BCUT2D eigenvalue weighted by Crippen LogP contribution is 2.31. The molecule has 0 aromatic heterocycles. The summed E-state index contributed by atoms with van der Waals surface area (Å²) in [5.41, 5.74) is 2.63. The summed E-state index contributed by atoms with van der Waals surface area (Å²) in [7, 11) is 0. The third-order valence-corrected chi connectivity index (χ3v) is 8.83. The lowest BCUT2D eigenvalue weighted by Crippen LogP contribution is -2.67. The minimum atomic E-state index is -1.01. The molecular weight excluding hydrogens is 527 g/mol. The van der Waals surface area contributed by atoms with Gasteiger partial charge in [-0.15, -0.1) is 0 Å². The van der Waals surface area contributed by atoms with Gasteiger partial charge in [-0.2, -0.15) is 0 Å². The number of likely N-dealkylation sites (tertiary alicyclic amines) is 1. The van der Waals surface area contributed by atoms with Gasteiger partial charge in [-0.05, 0) is 61.9 Å². The van der Waals surface area contributed by atoms with Gasteiger partial charge in [0.15, 0.2) is 0 Å². The molecule has 10 heteroatoms. The van der Waals surface area contributed by atoms with Crippen molar-refractivity contribution >= 4 is 23.6 Å². The van der Waals surface area contributed by atoms with E-state index in [1.807, 2.05) is 6.07 Å². The second-order valence-corrected chi connectivity index (χ2v) is 12.1. The second-order valence-electron chi connectivity index (χ2n) is 12.1. The number of morpholine rings is 1. The van der Waals surface area contributed by atoms with Gasteiger partial charge in [0.05, 0.1) is 24.3 Å². The van der Waals surface area contributed by atoms with Gasteiger partial charge in [0, 0.05) is 44.2 Å². The lowest BCUT2D eigenvalue weighted by atomic mass is 9.95. The van der Waals surface area contributed by atoms with Crippen LogP contribution in [0.15, 0.2) is 36.4 Å². The summed E-state index contributed by atoms with van der Waals surface area (Å²) >= 11 is 0. The summed E-state index contributed by atoms with van der Waals surface area (Å²) in [4.78, 5) is 56.1. The predicted molar refractivity (Wildman–Crippen MR) is 148 cm³/mol. The highest BCUT2D eigenvalue weighted by molar-refractivity contribution is 6.24. The topological polar surface area (TPSA) is 99.3 Å². The van der Waals surface area contributed by atoms with E-state index in [0.717, 1.165) is 43.3 Å². The van der Waals surface area contributed by atoms with Crippen LogP contribution in [0.1, 0.15) is 64.1 Å². The SMILES string of the molecule is CC1(C)COCCN1C1CN(Cc2ccc(CCc3cccc4c3C(=O)N(C3CCC(=O)NC3=O)C4=O)c(F)c2)C1. The minimum Gasteiger partial charge on any atom is -0.378 e. The molecule has 4 aliphatic heterocycles. The number of ether oxygens (including phenoxy) is 1. The van der Waals surface area contributed by atoms with Gasteiger partial charge in [-0.1, -0.05) is 24.3 Å². The van der Waals surface area contributed by atoms with Crippen molar-refractivity contribution in [3.05, 3.63) is 70.0 Å². The number of halogens is 1. The van der Waals surface area contributed by atoms with Crippen LogP contribution >= 0.6 is 0 Å². The van der Waals surface area contributed by atoms with Gasteiger partial charge >= 0.3 is 0 Å². The second kappa shape index (κ2) is 10.7. The molecule has 9 nitrogen and oxygen atoms in total. The summed E-state index contributed by atoms with van der Waals surface area (Å²) in [6, 6.07) is 9.87. The highest BCUT2D eigenvalue weighted by Gasteiger charge is 2.45. The Hall–Kier alpha value is -3.47. The number of imide groups is 2. The van der Waals surface area contributed by atoms with Crippen molar-refractivity contribution in [1.82, 2.24) is 20.0 Å². The number of benzene rings is 2. The smallest absolute Gasteiger partial charge is 0.262 e. The number of hydrogen-bond donors (Lipinski definition) is 1. The number of piperidine rings is 1. The maximum atomic E-state index is 15.1. The first-order valence-corrected chi connectivity index (χ1v) is 14.3. The minimum absolute atomic E-state index is 0.0305. The maximum Gasteiger partial charge on any atom is 0.262 e. The third kappa shape index (κ3) is 5.20. The largest absolute Gasteiger partial charge is 0.378 e. The molecule has 1 unspecified atom stereocenters. The van der Waals surface area contributed by atoms with Crippen LogP contribution < -0.4 is 5.32 Å². The Labute approximate surface area is 238 Å². The fourth-order valence-corrected chi connectivity index (χ4v) is 6.63. The number of hydrogen-bond acceptors (Lipinski definition) is 7. The molecule has 41 heavy (non-hydrogen) atoms. The van der Waals surface area contributed by atoms with Crippen molar-refractivity contribution in [2.75, 3.05) is 32.8 Å². The predicted octanol–water partition coefficient (Wildman–Crippen LogP) is 2.31. The zero-order valence-electron chi connectivity index (χ0n) is 23.5. The lowest BCUT2D eigenvalue weighted by molar-refractivity contribution is -0.136. The van der Waals surface area contributed by atoms with E-state index in [1.165, 1.54) is 0 Å². The summed E-state index contributed by atoms with van der Waals surface area (Å²) < 4.78 is 20.8. The quantitative estimate of drug-likeness (QED) is 0.517. The van der Waals surface area contributed by atoms with Gasteiger partial charge in [-0.3, -0.25) is 39.2 Å². The van der Waals surface area contributed by atoms with Crippen molar-refractivity contribution in [1.29, 1.82) is 0 Å². The Morgan fingerprint density at radius 2 is 1.80 bits per heavy atom. The van der Waals surface area contributed by atoms with Gasteiger partial charge in [0.2, 0.25) is 11.8 Å². The first kappa shape index (κ1) is 27.7. The van der Waals surface area contributed by atoms with Gasteiger partial charge in [-0.25, -0.2) is 4.39 Å². The van der Waals surface area contributed by atoms with Crippen molar-refractivity contribution in [2.24, 2.45) is 0 Å². The molecule has 216 valence electrons. The summed E-state index contributed by atoms with van der Waals surface area (Å²) in [6.45, 7) is 9.48. The Balaban J connectivity index is 1.08. The van der Waals surface area contributed by atoms with Crippen LogP contribution in [0, 0.1) is 5.82 Å². The fourth-order valence-electron chi connectivity index (χ4n) is 6.63. The van der Waals surface area contributed by atoms with Crippen LogP contribution in [0.4, 0.5) is 4.39 Å². The zero-order valence-corrected chi connectivity index (χ0v) is 23.5. The Kier molecular flexibility index (Phi) is 7.25. The van der Waals surface area contributed by atoms with E-state index in [4.69, 9.17) is 4.74 Å². The number of fused-ring (bicyclic) bond motifs is 1. The Morgan fingerprint density at radius 3 is 2.54 bits per heavy atom. The average molecular weight is 563 g/mol.